The highest BCUT2D eigenvalue weighted by atomic mass is 16.2. The molecule has 0 radical (unpaired) electrons. The fourth-order valence-electron chi connectivity index (χ4n) is 5.59. The molecule has 0 saturated carbocycles. The first-order valence-electron chi connectivity index (χ1n) is 11.3. The molecule has 7 heteroatoms. The van der Waals surface area contributed by atoms with E-state index in [0.717, 1.165) is 43.0 Å². The van der Waals surface area contributed by atoms with Crippen LogP contribution >= 0.6 is 0 Å². The number of hydrogen-bond acceptors (Lipinski definition) is 4. The number of pyridine rings is 2. The van der Waals surface area contributed by atoms with E-state index in [9.17, 15) is 14.4 Å². The summed E-state index contributed by atoms with van der Waals surface area (Å²) in [5.41, 5.74) is 3.13. The van der Waals surface area contributed by atoms with Gasteiger partial charge in [0.05, 0.1) is 0 Å². The van der Waals surface area contributed by atoms with Gasteiger partial charge >= 0.3 is 0 Å². The Bertz CT molecular complexity index is 1140. The number of aromatic nitrogens is 2. The Morgan fingerprint density at radius 2 is 1.84 bits per heavy atom. The van der Waals surface area contributed by atoms with Crippen LogP contribution in [0, 0.1) is 12.8 Å². The Balaban J connectivity index is 1.41. The summed E-state index contributed by atoms with van der Waals surface area (Å²) in [6.07, 6.45) is 3.43. The number of hydrogen-bond donors (Lipinski definition) is 0. The first kappa shape index (κ1) is 20.2. The average Bonchev–Trinajstić information content (AvgIpc) is 3.25. The van der Waals surface area contributed by atoms with Crippen molar-refractivity contribution in [3.63, 3.8) is 0 Å². The van der Waals surface area contributed by atoms with Crippen molar-refractivity contribution < 1.29 is 4.79 Å². The van der Waals surface area contributed by atoms with E-state index in [1.807, 2.05) is 29.5 Å². The van der Waals surface area contributed by atoms with E-state index in [1.165, 1.54) is 18.9 Å². The standard InChI is InChI=1S/C24H30N4O3/c1-16-9-20(29)11-22(25(16)2)24(31)27-12-17-10-19(15-27)21-6-5-18(23(30)28(21)13-17)14-26-7-3-4-8-26/h5-6,9,11,17,19H,3-4,7-8,10,12-15H2,1-2H3/t17-,19+/m0/s1. The maximum Gasteiger partial charge on any atom is 0.270 e. The molecule has 5 heterocycles. The van der Waals surface area contributed by atoms with E-state index >= 15 is 0 Å². The molecule has 2 fully saturated rings. The zero-order chi connectivity index (χ0) is 21.7. The molecule has 1 amide bonds. The van der Waals surface area contributed by atoms with Crippen LogP contribution in [0.25, 0.3) is 0 Å². The molecule has 3 aliphatic heterocycles. The van der Waals surface area contributed by atoms with E-state index in [4.69, 9.17) is 0 Å². The molecule has 7 nitrogen and oxygen atoms in total. The zero-order valence-electron chi connectivity index (χ0n) is 18.3. The normalized spacial score (nSPS) is 23.1. The highest BCUT2D eigenvalue weighted by Gasteiger charge is 2.37. The molecule has 5 rings (SSSR count). The number of aryl methyl sites for hydroxylation is 1. The average molecular weight is 423 g/mol. The third-order valence-corrected chi connectivity index (χ3v) is 7.30. The Morgan fingerprint density at radius 1 is 1.06 bits per heavy atom. The van der Waals surface area contributed by atoms with Gasteiger partial charge in [-0.1, -0.05) is 6.07 Å². The Kier molecular flexibility index (Phi) is 5.08. The molecule has 0 aromatic carbocycles. The van der Waals surface area contributed by atoms with Crippen LogP contribution in [0.15, 0.2) is 33.9 Å². The molecule has 2 atom stereocenters. The second-order valence-electron chi connectivity index (χ2n) is 9.47. The molecule has 31 heavy (non-hydrogen) atoms. The summed E-state index contributed by atoms with van der Waals surface area (Å²) < 4.78 is 3.76. The lowest BCUT2D eigenvalue weighted by Gasteiger charge is -2.43. The molecule has 2 aromatic rings. The van der Waals surface area contributed by atoms with Gasteiger partial charge in [0.2, 0.25) is 0 Å². The predicted octanol–water partition coefficient (Wildman–Crippen LogP) is 1.71. The van der Waals surface area contributed by atoms with Gasteiger partial charge in [-0.05, 0) is 51.3 Å². The quantitative estimate of drug-likeness (QED) is 0.755. The van der Waals surface area contributed by atoms with Gasteiger partial charge in [0.15, 0.2) is 5.43 Å². The fourth-order valence-corrected chi connectivity index (χ4v) is 5.59. The minimum atomic E-state index is -0.140. The molecule has 2 saturated heterocycles. The van der Waals surface area contributed by atoms with Crippen LogP contribution in [-0.4, -0.2) is 51.0 Å². The molecular formula is C24H30N4O3. The summed E-state index contributed by atoms with van der Waals surface area (Å²) in [5, 5.41) is 0. The summed E-state index contributed by atoms with van der Waals surface area (Å²) in [6.45, 7) is 6.60. The van der Waals surface area contributed by atoms with Crippen LogP contribution in [0.1, 0.15) is 52.6 Å². The topological polar surface area (TPSA) is 67.6 Å². The first-order chi connectivity index (χ1) is 14.9. The molecule has 2 bridgehead atoms. The second kappa shape index (κ2) is 7.79. The number of piperidine rings is 1. The third-order valence-electron chi connectivity index (χ3n) is 7.30. The first-order valence-corrected chi connectivity index (χ1v) is 11.3. The maximum absolute atomic E-state index is 13.3. The molecule has 0 unspecified atom stereocenters. The number of nitrogens with zero attached hydrogens (tertiary/aromatic N) is 4. The minimum absolute atomic E-state index is 0.0977. The van der Waals surface area contributed by atoms with E-state index in [1.54, 1.807) is 10.6 Å². The van der Waals surface area contributed by atoms with Gasteiger partial charge in [0.1, 0.15) is 5.69 Å². The lowest BCUT2D eigenvalue weighted by Crippen LogP contribution is -2.50. The lowest BCUT2D eigenvalue weighted by atomic mass is 9.82. The number of carbonyl (C=O) groups excluding carboxylic acids is 1. The van der Waals surface area contributed by atoms with Crippen LogP contribution in [0.4, 0.5) is 0 Å². The molecule has 0 N–H and O–H groups in total. The Hall–Kier alpha value is -2.67. The van der Waals surface area contributed by atoms with E-state index < -0.39 is 0 Å². The van der Waals surface area contributed by atoms with E-state index in [0.29, 0.717) is 25.3 Å². The van der Waals surface area contributed by atoms with Crippen LogP contribution in [0.2, 0.25) is 0 Å². The van der Waals surface area contributed by atoms with Gasteiger partial charge < -0.3 is 14.0 Å². The molecule has 0 spiro atoms. The Morgan fingerprint density at radius 3 is 2.61 bits per heavy atom. The summed E-state index contributed by atoms with van der Waals surface area (Å²) in [7, 11) is 1.82. The number of likely N-dealkylation sites (tertiary alicyclic amines) is 2. The minimum Gasteiger partial charge on any atom is -0.344 e. The van der Waals surface area contributed by atoms with Crippen LogP contribution < -0.4 is 11.0 Å². The van der Waals surface area contributed by atoms with E-state index in [2.05, 4.69) is 11.0 Å². The second-order valence-corrected chi connectivity index (χ2v) is 9.47. The van der Waals surface area contributed by atoms with Crippen molar-refractivity contribution in [2.75, 3.05) is 26.2 Å². The lowest BCUT2D eigenvalue weighted by molar-refractivity contribution is 0.0583. The van der Waals surface area contributed by atoms with Gasteiger partial charge in [0, 0.05) is 68.2 Å². The third kappa shape index (κ3) is 3.65. The number of rotatable bonds is 3. The summed E-state index contributed by atoms with van der Waals surface area (Å²) in [4.78, 5) is 42.7. The predicted molar refractivity (Wildman–Crippen MR) is 118 cm³/mol. The monoisotopic (exact) mass is 422 g/mol. The Labute approximate surface area is 181 Å². The smallest absolute Gasteiger partial charge is 0.270 e. The van der Waals surface area contributed by atoms with Crippen molar-refractivity contribution in [2.24, 2.45) is 13.0 Å². The summed E-state index contributed by atoms with van der Waals surface area (Å²) in [5.74, 6) is 0.322. The van der Waals surface area contributed by atoms with Crippen molar-refractivity contribution >= 4 is 5.91 Å². The SMILES string of the molecule is Cc1cc(=O)cc(C(=O)N2C[C@@H]3C[C@H](C2)c2ccc(CN4CCCC4)c(=O)n2C3)n1C. The van der Waals surface area contributed by atoms with Gasteiger partial charge in [-0.25, -0.2) is 0 Å². The van der Waals surface area contributed by atoms with Crippen LogP contribution in [0.3, 0.4) is 0 Å². The van der Waals surface area contributed by atoms with Crippen molar-refractivity contribution in [1.82, 2.24) is 18.9 Å². The summed E-state index contributed by atoms with van der Waals surface area (Å²) in [6, 6.07) is 7.08. The van der Waals surface area contributed by atoms with Gasteiger partial charge in [0.25, 0.3) is 11.5 Å². The van der Waals surface area contributed by atoms with Crippen molar-refractivity contribution in [2.45, 2.75) is 45.2 Å². The number of amides is 1. The largest absolute Gasteiger partial charge is 0.344 e. The zero-order valence-corrected chi connectivity index (χ0v) is 18.3. The molecule has 3 aliphatic rings. The van der Waals surface area contributed by atoms with Gasteiger partial charge in [-0.2, -0.15) is 0 Å². The molecule has 2 aromatic heterocycles. The molecular weight excluding hydrogens is 392 g/mol. The van der Waals surface area contributed by atoms with Crippen molar-refractivity contribution in [3.8, 4) is 0 Å². The molecule has 0 aliphatic carbocycles. The number of carbonyl (C=O) groups is 1. The number of fused-ring (bicyclic) bond motifs is 4. The van der Waals surface area contributed by atoms with Crippen molar-refractivity contribution in [3.05, 3.63) is 67.5 Å². The highest BCUT2D eigenvalue weighted by Crippen LogP contribution is 2.35. The molecule has 164 valence electrons. The van der Waals surface area contributed by atoms with Crippen molar-refractivity contribution in [1.29, 1.82) is 0 Å². The van der Waals surface area contributed by atoms with E-state index in [-0.39, 0.29) is 28.7 Å². The summed E-state index contributed by atoms with van der Waals surface area (Å²) >= 11 is 0. The van der Waals surface area contributed by atoms with Crippen LogP contribution in [0.5, 0.6) is 0 Å². The maximum atomic E-state index is 13.3. The fraction of sp³-hybridized carbons (Fsp3) is 0.542. The van der Waals surface area contributed by atoms with Gasteiger partial charge in [-0.15, -0.1) is 0 Å². The van der Waals surface area contributed by atoms with Crippen LogP contribution in [-0.2, 0) is 20.1 Å². The highest BCUT2D eigenvalue weighted by molar-refractivity contribution is 5.92. The van der Waals surface area contributed by atoms with Gasteiger partial charge in [-0.3, -0.25) is 19.3 Å².